The van der Waals surface area contributed by atoms with Gasteiger partial charge < -0.3 is 14.2 Å². The normalized spacial score (nSPS) is 13.2. The van der Waals surface area contributed by atoms with Crippen LogP contribution in [-0.2, 0) is 28.6 Å². The Bertz CT molecular complexity index is 1640. The average Bonchev–Trinajstić information content (AvgIpc) is 3.40. The molecule has 0 aliphatic heterocycles. The van der Waals surface area contributed by atoms with Gasteiger partial charge in [-0.15, -0.1) is 0 Å². The lowest BCUT2D eigenvalue weighted by molar-refractivity contribution is -0.167. The minimum absolute atomic E-state index is 0.0942. The number of allylic oxidation sites excluding steroid dienone is 24. The van der Waals surface area contributed by atoms with Crippen molar-refractivity contribution in [1.29, 1.82) is 0 Å². The molecule has 0 bridgehead atoms. The quantitative estimate of drug-likeness (QED) is 0.0261. The predicted octanol–water partition coefficient (Wildman–Crippen LogP) is 20.4. The molecule has 0 aliphatic carbocycles. The summed E-state index contributed by atoms with van der Waals surface area (Å²) in [4.78, 5) is 38.0. The summed E-state index contributed by atoms with van der Waals surface area (Å²) in [5.41, 5.74) is 0. The smallest absolute Gasteiger partial charge is 0.306 e. The van der Waals surface area contributed by atoms with Crippen LogP contribution in [0.3, 0.4) is 0 Å². The van der Waals surface area contributed by atoms with Gasteiger partial charge >= 0.3 is 17.9 Å². The van der Waals surface area contributed by atoms with Crippen LogP contribution in [0.2, 0.25) is 0 Å². The summed E-state index contributed by atoms with van der Waals surface area (Å²) >= 11 is 0. The Kier molecular flexibility index (Phi) is 57.0. The predicted molar refractivity (Wildman–Crippen MR) is 320 cm³/mol. The number of unbranched alkanes of at least 4 members (excludes halogenated alkanes) is 17. The third-order valence-corrected chi connectivity index (χ3v) is 12.1. The Balaban J connectivity index is 4.25. The first-order chi connectivity index (χ1) is 36.5. The molecule has 0 N–H and O–H groups in total. The van der Waals surface area contributed by atoms with Crippen LogP contribution in [0.15, 0.2) is 146 Å². The van der Waals surface area contributed by atoms with E-state index in [4.69, 9.17) is 14.2 Å². The first-order valence-electron chi connectivity index (χ1n) is 29.8. The molecule has 0 spiro atoms. The fourth-order valence-corrected chi connectivity index (χ4v) is 7.68. The summed E-state index contributed by atoms with van der Waals surface area (Å²) in [6.07, 6.45) is 87.2. The van der Waals surface area contributed by atoms with E-state index in [0.717, 1.165) is 161 Å². The van der Waals surface area contributed by atoms with Gasteiger partial charge in [-0.2, -0.15) is 0 Å². The Hall–Kier alpha value is -4.71. The van der Waals surface area contributed by atoms with Crippen molar-refractivity contribution in [2.45, 2.75) is 252 Å². The molecule has 0 amide bonds. The molecule has 6 heteroatoms. The van der Waals surface area contributed by atoms with Crippen molar-refractivity contribution in [3.05, 3.63) is 146 Å². The largest absolute Gasteiger partial charge is 0.462 e. The van der Waals surface area contributed by atoms with Crippen LogP contribution < -0.4 is 0 Å². The molecule has 0 fully saturated rings. The highest BCUT2D eigenvalue weighted by Gasteiger charge is 2.19. The van der Waals surface area contributed by atoms with Gasteiger partial charge in [0.25, 0.3) is 0 Å². The van der Waals surface area contributed by atoms with E-state index in [-0.39, 0.29) is 31.1 Å². The first kappa shape index (κ1) is 69.3. The zero-order chi connectivity index (χ0) is 53.6. The molecular weight excluding hydrogens is 913 g/mol. The van der Waals surface area contributed by atoms with Crippen molar-refractivity contribution in [3.8, 4) is 0 Å². The molecule has 0 aromatic rings. The van der Waals surface area contributed by atoms with E-state index in [0.29, 0.717) is 19.3 Å². The van der Waals surface area contributed by atoms with Gasteiger partial charge in [-0.25, -0.2) is 0 Å². The molecular formula is C68H108O6. The maximum atomic E-state index is 12.8. The van der Waals surface area contributed by atoms with Gasteiger partial charge in [-0.1, -0.05) is 250 Å². The van der Waals surface area contributed by atoms with E-state index >= 15 is 0 Å². The van der Waals surface area contributed by atoms with Gasteiger partial charge in [0.2, 0.25) is 0 Å². The maximum Gasteiger partial charge on any atom is 0.306 e. The van der Waals surface area contributed by atoms with Gasteiger partial charge in [0.05, 0.1) is 0 Å². The first-order valence-corrected chi connectivity index (χ1v) is 29.8. The molecule has 0 aromatic heterocycles. The number of ether oxygens (including phenoxy) is 3. The lowest BCUT2D eigenvalue weighted by Crippen LogP contribution is -2.30. The van der Waals surface area contributed by atoms with Crippen LogP contribution in [0.4, 0.5) is 0 Å². The van der Waals surface area contributed by atoms with Crippen LogP contribution in [0.25, 0.3) is 0 Å². The topological polar surface area (TPSA) is 78.9 Å². The Morgan fingerprint density at radius 2 is 0.527 bits per heavy atom. The molecule has 0 aromatic carbocycles. The van der Waals surface area contributed by atoms with E-state index in [1.54, 1.807) is 0 Å². The SMILES string of the molecule is CC/C=C\C/C=C\C/C=C\C/C=C\C/C=C\C/C=C\CCCCCCCCC(=O)OCC(COC(=O)CCCCCCCC)OC(=O)CCCCCCCC/C=C\C/C=C\C/C=C\C/C=C\C/C=C\C/C=C\CC. The van der Waals surface area contributed by atoms with Gasteiger partial charge in [-0.3, -0.25) is 14.4 Å². The third kappa shape index (κ3) is 58.2. The molecule has 0 heterocycles. The van der Waals surface area contributed by atoms with E-state index in [2.05, 4.69) is 167 Å². The fraction of sp³-hybridized carbons (Fsp3) is 0.603. The molecule has 0 aliphatic rings. The van der Waals surface area contributed by atoms with Gasteiger partial charge in [-0.05, 0) is 122 Å². The Labute approximate surface area is 455 Å². The van der Waals surface area contributed by atoms with Crippen LogP contribution in [0, 0.1) is 0 Å². The van der Waals surface area contributed by atoms with Crippen molar-refractivity contribution in [1.82, 2.24) is 0 Å². The average molecular weight is 1020 g/mol. The minimum atomic E-state index is -0.796. The summed E-state index contributed by atoms with van der Waals surface area (Å²) in [6.45, 7) is 6.32. The minimum Gasteiger partial charge on any atom is -0.462 e. The fourth-order valence-electron chi connectivity index (χ4n) is 7.68. The highest BCUT2D eigenvalue weighted by Crippen LogP contribution is 2.14. The highest BCUT2D eigenvalue weighted by molar-refractivity contribution is 5.71. The summed E-state index contributed by atoms with van der Waals surface area (Å²) in [6, 6.07) is 0. The van der Waals surface area contributed by atoms with E-state index in [1.165, 1.54) is 44.9 Å². The van der Waals surface area contributed by atoms with E-state index in [1.807, 2.05) is 0 Å². The van der Waals surface area contributed by atoms with Crippen molar-refractivity contribution >= 4 is 17.9 Å². The van der Waals surface area contributed by atoms with Gasteiger partial charge in [0.15, 0.2) is 6.10 Å². The molecule has 0 saturated carbocycles. The maximum absolute atomic E-state index is 12.8. The van der Waals surface area contributed by atoms with Crippen LogP contribution in [0.5, 0.6) is 0 Å². The number of carbonyl (C=O) groups is 3. The van der Waals surface area contributed by atoms with Crippen LogP contribution in [0.1, 0.15) is 245 Å². The van der Waals surface area contributed by atoms with Crippen LogP contribution in [-0.4, -0.2) is 37.2 Å². The molecule has 0 rings (SSSR count). The zero-order valence-corrected chi connectivity index (χ0v) is 47.5. The second kappa shape index (κ2) is 60.8. The Morgan fingerprint density at radius 3 is 0.824 bits per heavy atom. The molecule has 416 valence electrons. The summed E-state index contributed by atoms with van der Waals surface area (Å²) in [5, 5.41) is 0. The zero-order valence-electron chi connectivity index (χ0n) is 47.5. The highest BCUT2D eigenvalue weighted by atomic mass is 16.6. The van der Waals surface area contributed by atoms with Crippen LogP contribution >= 0.6 is 0 Å². The monoisotopic (exact) mass is 1020 g/mol. The van der Waals surface area contributed by atoms with Crippen molar-refractivity contribution < 1.29 is 28.6 Å². The van der Waals surface area contributed by atoms with Crippen molar-refractivity contribution in [2.24, 2.45) is 0 Å². The van der Waals surface area contributed by atoms with Crippen molar-refractivity contribution in [2.75, 3.05) is 13.2 Å². The number of esters is 3. The molecule has 74 heavy (non-hydrogen) atoms. The molecule has 1 unspecified atom stereocenters. The number of hydrogen-bond acceptors (Lipinski definition) is 6. The molecule has 0 saturated heterocycles. The number of hydrogen-bond donors (Lipinski definition) is 0. The molecule has 1 atom stereocenters. The van der Waals surface area contributed by atoms with Gasteiger partial charge in [0.1, 0.15) is 13.2 Å². The number of rotatable bonds is 52. The summed E-state index contributed by atoms with van der Waals surface area (Å²) in [7, 11) is 0. The second-order valence-electron chi connectivity index (χ2n) is 19.1. The van der Waals surface area contributed by atoms with Crippen molar-refractivity contribution in [3.63, 3.8) is 0 Å². The molecule has 0 radical (unpaired) electrons. The lowest BCUT2D eigenvalue weighted by atomic mass is 10.1. The number of carbonyl (C=O) groups excluding carboxylic acids is 3. The van der Waals surface area contributed by atoms with E-state index in [9.17, 15) is 14.4 Å². The van der Waals surface area contributed by atoms with E-state index < -0.39 is 6.10 Å². The standard InChI is InChI=1S/C68H108O6/c1-4-7-10-13-16-18-20-22-24-26-28-30-32-34-36-38-40-42-44-46-48-50-52-55-58-61-67(70)73-64-65(63-72-66(69)60-57-54-15-12-9-6-3)74-68(71)62-59-56-53-51-49-47-45-43-41-39-37-35-33-31-29-27-25-23-21-19-17-14-11-8-5-2/h7-8,10-11,16-19,22-25,28-31,34-37,40-43,65H,4-6,9,12-15,20-21,26-27,32-33,38-39,44-64H2,1-3H3/b10-7-,11-8-,18-16-,19-17-,24-22-,25-23-,30-28-,31-29-,36-34-,37-35-,42-40-,43-41-. The summed E-state index contributed by atoms with van der Waals surface area (Å²) < 4.78 is 16.8. The molecule has 6 nitrogen and oxygen atoms in total. The lowest BCUT2D eigenvalue weighted by Gasteiger charge is -2.18. The second-order valence-corrected chi connectivity index (χ2v) is 19.1. The van der Waals surface area contributed by atoms with Gasteiger partial charge in [0, 0.05) is 19.3 Å². The summed E-state index contributed by atoms with van der Waals surface area (Å²) in [5.74, 6) is -0.939. The Morgan fingerprint density at radius 1 is 0.284 bits per heavy atom. The third-order valence-electron chi connectivity index (χ3n) is 12.1.